The van der Waals surface area contributed by atoms with Gasteiger partial charge in [0.05, 0.1) is 18.1 Å². The summed E-state index contributed by atoms with van der Waals surface area (Å²) in [6.07, 6.45) is 4.77. The second-order valence-electron chi connectivity index (χ2n) is 4.91. The van der Waals surface area contributed by atoms with Crippen LogP contribution in [0.15, 0.2) is 24.3 Å². The van der Waals surface area contributed by atoms with E-state index in [0.717, 1.165) is 19.4 Å². The predicted molar refractivity (Wildman–Crippen MR) is 81.6 cm³/mol. The highest BCUT2D eigenvalue weighted by atomic mass is 16.6. The number of methoxy groups -OCH3 is 1. The minimum atomic E-state index is -0.511. The van der Waals surface area contributed by atoms with Gasteiger partial charge in [0.2, 0.25) is 0 Å². The lowest BCUT2D eigenvalue weighted by Crippen LogP contribution is -2.18. The van der Waals surface area contributed by atoms with Crippen LogP contribution in [0.2, 0.25) is 0 Å². The molecule has 1 fully saturated rings. The molecule has 7 nitrogen and oxygen atoms in total. The number of nitrogens with zero attached hydrogens (tertiary/aromatic N) is 1. The SMILES string of the molecule is COC(=O)/C=C/c1ccc(NCC2CCCO2)c([N+](=O)[O-])c1. The molecular formula is C15H18N2O5. The summed E-state index contributed by atoms with van der Waals surface area (Å²) in [4.78, 5) is 21.8. The smallest absolute Gasteiger partial charge is 0.330 e. The number of carbonyl (C=O) groups excluding carboxylic acids is 1. The number of ether oxygens (including phenoxy) is 2. The first-order valence-electron chi connectivity index (χ1n) is 7.00. The number of rotatable bonds is 6. The van der Waals surface area contributed by atoms with E-state index < -0.39 is 10.9 Å². The van der Waals surface area contributed by atoms with E-state index in [0.29, 0.717) is 17.8 Å². The number of nitro benzene ring substituents is 1. The van der Waals surface area contributed by atoms with Gasteiger partial charge < -0.3 is 14.8 Å². The summed E-state index contributed by atoms with van der Waals surface area (Å²) in [5.74, 6) is -0.511. The van der Waals surface area contributed by atoms with Gasteiger partial charge in [-0.1, -0.05) is 6.07 Å². The summed E-state index contributed by atoms with van der Waals surface area (Å²) in [7, 11) is 1.27. The van der Waals surface area contributed by atoms with Crippen LogP contribution in [0.25, 0.3) is 6.08 Å². The number of hydrogen-bond acceptors (Lipinski definition) is 6. The highest BCUT2D eigenvalue weighted by Crippen LogP contribution is 2.26. The average molecular weight is 306 g/mol. The Morgan fingerprint density at radius 3 is 3.05 bits per heavy atom. The Bertz CT molecular complexity index is 579. The molecule has 1 saturated heterocycles. The molecule has 22 heavy (non-hydrogen) atoms. The minimum Gasteiger partial charge on any atom is -0.466 e. The largest absolute Gasteiger partial charge is 0.466 e. The third-order valence-corrected chi connectivity index (χ3v) is 3.38. The summed E-state index contributed by atoms with van der Waals surface area (Å²) in [6.45, 7) is 1.28. The fraction of sp³-hybridized carbons (Fsp3) is 0.400. The van der Waals surface area contributed by atoms with E-state index in [2.05, 4.69) is 10.1 Å². The van der Waals surface area contributed by atoms with Crippen molar-refractivity contribution in [2.75, 3.05) is 25.6 Å². The molecule has 1 aliphatic heterocycles. The lowest BCUT2D eigenvalue weighted by atomic mass is 10.1. The maximum absolute atomic E-state index is 11.2. The molecule has 2 rings (SSSR count). The molecule has 0 radical (unpaired) electrons. The zero-order valence-corrected chi connectivity index (χ0v) is 12.3. The molecule has 0 amide bonds. The van der Waals surface area contributed by atoms with Crippen LogP contribution in [-0.4, -0.2) is 37.3 Å². The van der Waals surface area contributed by atoms with Gasteiger partial charge in [-0.2, -0.15) is 0 Å². The van der Waals surface area contributed by atoms with Crippen LogP contribution in [-0.2, 0) is 14.3 Å². The third kappa shape index (κ3) is 4.29. The molecule has 1 aromatic rings. The van der Waals surface area contributed by atoms with Crippen molar-refractivity contribution in [3.05, 3.63) is 40.0 Å². The average Bonchev–Trinajstić information content (AvgIpc) is 3.04. The van der Waals surface area contributed by atoms with Gasteiger partial charge in [0.25, 0.3) is 5.69 Å². The van der Waals surface area contributed by atoms with E-state index >= 15 is 0 Å². The zero-order valence-electron chi connectivity index (χ0n) is 12.3. The van der Waals surface area contributed by atoms with Crippen LogP contribution in [0.3, 0.4) is 0 Å². The molecule has 1 N–H and O–H groups in total. The summed E-state index contributed by atoms with van der Waals surface area (Å²) in [6, 6.07) is 4.74. The van der Waals surface area contributed by atoms with Crippen molar-refractivity contribution in [2.45, 2.75) is 18.9 Å². The zero-order chi connectivity index (χ0) is 15.9. The van der Waals surface area contributed by atoms with Gasteiger partial charge in [-0.15, -0.1) is 0 Å². The van der Waals surface area contributed by atoms with Crippen molar-refractivity contribution in [1.29, 1.82) is 0 Å². The molecule has 0 aromatic heterocycles. The summed E-state index contributed by atoms with van der Waals surface area (Å²) in [5, 5.41) is 14.2. The van der Waals surface area contributed by atoms with Crippen LogP contribution < -0.4 is 5.32 Å². The number of benzene rings is 1. The van der Waals surface area contributed by atoms with E-state index in [1.807, 2.05) is 0 Å². The molecular weight excluding hydrogens is 288 g/mol. The van der Waals surface area contributed by atoms with Gasteiger partial charge in [0.1, 0.15) is 5.69 Å². The minimum absolute atomic E-state index is 0.0370. The Morgan fingerprint density at radius 2 is 2.41 bits per heavy atom. The Kier molecular flexibility index (Phi) is 5.48. The molecule has 1 heterocycles. The fourth-order valence-electron chi connectivity index (χ4n) is 2.21. The van der Waals surface area contributed by atoms with Crippen LogP contribution >= 0.6 is 0 Å². The van der Waals surface area contributed by atoms with Gasteiger partial charge in [0.15, 0.2) is 0 Å². The Hall–Kier alpha value is -2.41. The van der Waals surface area contributed by atoms with Gasteiger partial charge in [-0.05, 0) is 30.5 Å². The maximum Gasteiger partial charge on any atom is 0.330 e. The van der Waals surface area contributed by atoms with Gasteiger partial charge >= 0.3 is 5.97 Å². The highest BCUT2D eigenvalue weighted by Gasteiger charge is 2.18. The van der Waals surface area contributed by atoms with Crippen molar-refractivity contribution in [1.82, 2.24) is 0 Å². The number of hydrogen-bond donors (Lipinski definition) is 1. The first-order chi connectivity index (χ1) is 10.6. The summed E-state index contributed by atoms with van der Waals surface area (Å²) in [5.41, 5.74) is 0.959. The molecule has 1 unspecified atom stereocenters. The topological polar surface area (TPSA) is 90.7 Å². The predicted octanol–water partition coefficient (Wildman–Crippen LogP) is 2.37. The first kappa shape index (κ1) is 16.0. The van der Waals surface area contributed by atoms with E-state index in [4.69, 9.17) is 4.74 Å². The molecule has 7 heteroatoms. The van der Waals surface area contributed by atoms with Gasteiger partial charge in [-0.3, -0.25) is 10.1 Å². The van der Waals surface area contributed by atoms with Gasteiger partial charge in [0, 0.05) is 25.3 Å². The molecule has 118 valence electrons. The van der Waals surface area contributed by atoms with E-state index in [9.17, 15) is 14.9 Å². The van der Waals surface area contributed by atoms with Crippen LogP contribution in [0, 0.1) is 10.1 Å². The monoisotopic (exact) mass is 306 g/mol. The number of anilines is 1. The molecule has 1 atom stereocenters. The van der Waals surface area contributed by atoms with Crippen molar-refractivity contribution in [3.63, 3.8) is 0 Å². The highest BCUT2D eigenvalue weighted by molar-refractivity contribution is 5.87. The second kappa shape index (κ2) is 7.56. The lowest BCUT2D eigenvalue weighted by molar-refractivity contribution is -0.384. The lowest BCUT2D eigenvalue weighted by Gasteiger charge is -2.12. The molecule has 0 bridgehead atoms. The Balaban J connectivity index is 2.10. The Morgan fingerprint density at radius 1 is 1.59 bits per heavy atom. The fourth-order valence-corrected chi connectivity index (χ4v) is 2.21. The molecule has 0 spiro atoms. The molecule has 1 aliphatic rings. The second-order valence-corrected chi connectivity index (χ2v) is 4.91. The van der Waals surface area contributed by atoms with Crippen LogP contribution in [0.5, 0.6) is 0 Å². The van der Waals surface area contributed by atoms with Crippen molar-refractivity contribution in [2.24, 2.45) is 0 Å². The van der Waals surface area contributed by atoms with Crippen LogP contribution in [0.1, 0.15) is 18.4 Å². The number of nitrogens with one attached hydrogen (secondary N) is 1. The molecule has 0 saturated carbocycles. The van der Waals surface area contributed by atoms with Crippen LogP contribution in [0.4, 0.5) is 11.4 Å². The number of nitro groups is 1. The standard InChI is InChI=1S/C15H18N2O5/c1-21-15(18)7-5-11-4-6-13(14(9-11)17(19)20)16-10-12-3-2-8-22-12/h4-7,9,12,16H,2-3,8,10H2,1H3/b7-5+. The first-order valence-corrected chi connectivity index (χ1v) is 7.00. The van der Waals surface area contributed by atoms with Crippen molar-refractivity contribution >= 4 is 23.4 Å². The normalized spacial score (nSPS) is 17.6. The number of esters is 1. The third-order valence-electron chi connectivity index (χ3n) is 3.38. The Labute approximate surface area is 128 Å². The van der Waals surface area contributed by atoms with Crippen molar-refractivity contribution < 1.29 is 19.2 Å². The van der Waals surface area contributed by atoms with E-state index in [-0.39, 0.29) is 11.8 Å². The van der Waals surface area contributed by atoms with Gasteiger partial charge in [-0.25, -0.2) is 4.79 Å². The van der Waals surface area contributed by atoms with E-state index in [1.54, 1.807) is 12.1 Å². The number of carbonyl (C=O) groups is 1. The molecule has 1 aromatic carbocycles. The quantitative estimate of drug-likeness (QED) is 0.375. The molecule has 0 aliphatic carbocycles. The van der Waals surface area contributed by atoms with E-state index in [1.165, 1.54) is 25.3 Å². The summed E-state index contributed by atoms with van der Waals surface area (Å²) >= 11 is 0. The van der Waals surface area contributed by atoms with Crippen molar-refractivity contribution in [3.8, 4) is 0 Å². The maximum atomic E-state index is 11.2. The summed E-state index contributed by atoms with van der Waals surface area (Å²) < 4.78 is 9.96.